The van der Waals surface area contributed by atoms with E-state index in [-0.39, 0.29) is 5.56 Å². The molecule has 1 rings (SSSR count). The van der Waals surface area contributed by atoms with E-state index in [0.717, 1.165) is 5.56 Å². The molecule has 0 heterocycles. The van der Waals surface area contributed by atoms with Gasteiger partial charge in [0, 0.05) is 5.02 Å². The van der Waals surface area contributed by atoms with Crippen LogP contribution in [-0.2, 0) is 0 Å². The number of carboxylic acids is 1. The summed E-state index contributed by atoms with van der Waals surface area (Å²) in [5.74, 6) is -0.942. The number of aromatic carboxylic acids is 1. The lowest BCUT2D eigenvalue weighted by Gasteiger charge is -1.99. The number of benzene rings is 1. The third kappa shape index (κ3) is 2.33. The summed E-state index contributed by atoms with van der Waals surface area (Å²) < 4.78 is 0. The van der Waals surface area contributed by atoms with Crippen LogP contribution in [0.4, 0.5) is 0 Å². The van der Waals surface area contributed by atoms with Gasteiger partial charge in [-0.1, -0.05) is 23.8 Å². The van der Waals surface area contributed by atoms with E-state index in [0.29, 0.717) is 5.02 Å². The average molecular weight is 197 g/mol. The van der Waals surface area contributed by atoms with Crippen molar-refractivity contribution in [1.82, 2.24) is 0 Å². The first kappa shape index (κ1) is 9.81. The summed E-state index contributed by atoms with van der Waals surface area (Å²) in [5, 5.41) is 9.26. The number of carboxylic acid groups (broad SMARTS) is 1. The molecule has 0 atom stereocenters. The van der Waals surface area contributed by atoms with Gasteiger partial charge in [-0.15, -0.1) is 0 Å². The number of allylic oxidation sites excluding steroid dienone is 1. The number of carbonyl (C=O) groups is 1. The van der Waals surface area contributed by atoms with Gasteiger partial charge in [0.05, 0.1) is 5.56 Å². The fourth-order valence-electron chi connectivity index (χ4n) is 0.984. The fourth-order valence-corrected chi connectivity index (χ4v) is 1.16. The van der Waals surface area contributed by atoms with Gasteiger partial charge in [0.25, 0.3) is 0 Å². The average Bonchev–Trinajstić information content (AvgIpc) is 2.08. The van der Waals surface area contributed by atoms with Crippen molar-refractivity contribution in [2.75, 3.05) is 0 Å². The van der Waals surface area contributed by atoms with Crippen LogP contribution in [0.3, 0.4) is 0 Å². The maximum Gasteiger partial charge on any atom is 0.335 e. The Morgan fingerprint density at radius 1 is 1.54 bits per heavy atom. The predicted molar refractivity (Wildman–Crippen MR) is 53.1 cm³/mol. The lowest BCUT2D eigenvalue weighted by molar-refractivity contribution is 0.0697. The molecule has 1 aromatic rings. The fraction of sp³-hybridized carbons (Fsp3) is 0.100. The normalized spacial score (nSPS) is 10.6. The Kier molecular flexibility index (Phi) is 3.09. The molecule has 0 aliphatic rings. The van der Waals surface area contributed by atoms with Crippen molar-refractivity contribution in [3.8, 4) is 0 Å². The topological polar surface area (TPSA) is 37.3 Å². The number of halogens is 1. The van der Waals surface area contributed by atoms with Crippen LogP contribution in [0.1, 0.15) is 22.8 Å². The second-order valence-corrected chi connectivity index (χ2v) is 2.95. The van der Waals surface area contributed by atoms with Gasteiger partial charge in [-0.2, -0.15) is 0 Å². The highest BCUT2D eigenvalue weighted by Gasteiger charge is 2.04. The van der Waals surface area contributed by atoms with Crippen LogP contribution in [0.5, 0.6) is 0 Å². The van der Waals surface area contributed by atoms with Crippen LogP contribution < -0.4 is 0 Å². The largest absolute Gasteiger partial charge is 0.478 e. The Morgan fingerprint density at radius 2 is 2.23 bits per heavy atom. The molecule has 0 aromatic heterocycles. The van der Waals surface area contributed by atoms with E-state index in [4.69, 9.17) is 16.7 Å². The number of hydrogen-bond donors (Lipinski definition) is 1. The molecule has 0 aliphatic carbocycles. The lowest BCUT2D eigenvalue weighted by atomic mass is 10.1. The Bertz CT molecular complexity index is 356. The molecule has 0 amide bonds. The van der Waals surface area contributed by atoms with E-state index in [9.17, 15) is 4.79 Å². The third-order valence-corrected chi connectivity index (χ3v) is 1.93. The Labute approximate surface area is 81.5 Å². The molecule has 68 valence electrons. The quantitative estimate of drug-likeness (QED) is 0.790. The van der Waals surface area contributed by atoms with Gasteiger partial charge in [-0.25, -0.2) is 4.79 Å². The van der Waals surface area contributed by atoms with Crippen molar-refractivity contribution in [1.29, 1.82) is 0 Å². The summed E-state index contributed by atoms with van der Waals surface area (Å²) >= 11 is 5.84. The van der Waals surface area contributed by atoms with Crippen LogP contribution in [0.2, 0.25) is 5.02 Å². The van der Waals surface area contributed by atoms with Crippen LogP contribution in [-0.4, -0.2) is 11.1 Å². The minimum atomic E-state index is -0.942. The van der Waals surface area contributed by atoms with Crippen molar-refractivity contribution in [2.45, 2.75) is 6.92 Å². The highest BCUT2D eigenvalue weighted by molar-refractivity contribution is 6.32. The third-order valence-electron chi connectivity index (χ3n) is 1.59. The van der Waals surface area contributed by atoms with Gasteiger partial charge in [0.15, 0.2) is 0 Å². The molecule has 0 saturated carbocycles. The molecule has 1 N–H and O–H groups in total. The second-order valence-electron chi connectivity index (χ2n) is 2.54. The molecule has 0 spiro atoms. The van der Waals surface area contributed by atoms with Crippen molar-refractivity contribution in [3.63, 3.8) is 0 Å². The van der Waals surface area contributed by atoms with Gasteiger partial charge in [0.1, 0.15) is 0 Å². The van der Waals surface area contributed by atoms with E-state index in [1.54, 1.807) is 18.2 Å². The summed E-state index contributed by atoms with van der Waals surface area (Å²) in [5.41, 5.74) is 0.974. The zero-order valence-corrected chi connectivity index (χ0v) is 7.88. The summed E-state index contributed by atoms with van der Waals surface area (Å²) in [6, 6.07) is 4.61. The van der Waals surface area contributed by atoms with Gasteiger partial charge in [-0.3, -0.25) is 0 Å². The molecule has 2 nitrogen and oxygen atoms in total. The van der Waals surface area contributed by atoms with E-state index in [1.807, 2.05) is 13.0 Å². The van der Waals surface area contributed by atoms with Crippen LogP contribution >= 0.6 is 11.6 Å². The first-order valence-electron chi connectivity index (χ1n) is 3.80. The summed E-state index contributed by atoms with van der Waals surface area (Å²) in [6.07, 6.45) is 3.58. The molecule has 0 bridgehead atoms. The molecule has 3 heteroatoms. The second kappa shape index (κ2) is 4.10. The van der Waals surface area contributed by atoms with Gasteiger partial charge >= 0.3 is 5.97 Å². The lowest BCUT2D eigenvalue weighted by Crippen LogP contribution is -1.96. The molecule has 1 aromatic carbocycles. The standard InChI is InChI=1S/C10H9ClO2/c1-2-3-7-6-8(10(12)13)4-5-9(7)11/h2-6H,1H3,(H,12,13). The highest BCUT2D eigenvalue weighted by atomic mass is 35.5. The minimum absolute atomic E-state index is 0.248. The molecule has 0 unspecified atom stereocenters. The molecule has 0 radical (unpaired) electrons. The SMILES string of the molecule is CC=Cc1cc(C(=O)O)ccc1Cl. The van der Waals surface area contributed by atoms with Gasteiger partial charge < -0.3 is 5.11 Å². The number of rotatable bonds is 2. The Hall–Kier alpha value is -1.28. The Balaban J connectivity index is 3.18. The van der Waals surface area contributed by atoms with Crippen LogP contribution in [0.25, 0.3) is 6.08 Å². The predicted octanol–water partition coefficient (Wildman–Crippen LogP) is 3.07. The molecule has 0 fully saturated rings. The maximum absolute atomic E-state index is 10.6. The van der Waals surface area contributed by atoms with E-state index in [1.165, 1.54) is 6.07 Å². The number of hydrogen-bond acceptors (Lipinski definition) is 1. The monoisotopic (exact) mass is 196 g/mol. The van der Waals surface area contributed by atoms with Crippen molar-refractivity contribution >= 4 is 23.6 Å². The molecule has 13 heavy (non-hydrogen) atoms. The Morgan fingerprint density at radius 3 is 2.77 bits per heavy atom. The first-order valence-corrected chi connectivity index (χ1v) is 4.18. The maximum atomic E-state index is 10.6. The van der Waals surface area contributed by atoms with E-state index in [2.05, 4.69) is 0 Å². The molecule has 0 aliphatic heterocycles. The summed E-state index contributed by atoms with van der Waals surface area (Å²) in [4.78, 5) is 10.6. The van der Waals surface area contributed by atoms with E-state index >= 15 is 0 Å². The summed E-state index contributed by atoms with van der Waals surface area (Å²) in [7, 11) is 0. The highest BCUT2D eigenvalue weighted by Crippen LogP contribution is 2.18. The first-order chi connectivity index (χ1) is 6.15. The molecular weight excluding hydrogens is 188 g/mol. The van der Waals surface area contributed by atoms with Crippen molar-refractivity contribution in [2.24, 2.45) is 0 Å². The van der Waals surface area contributed by atoms with E-state index < -0.39 is 5.97 Å². The molecular formula is C10H9ClO2. The van der Waals surface area contributed by atoms with Gasteiger partial charge in [0.2, 0.25) is 0 Å². The van der Waals surface area contributed by atoms with Crippen LogP contribution in [0, 0.1) is 0 Å². The van der Waals surface area contributed by atoms with Crippen molar-refractivity contribution in [3.05, 3.63) is 40.4 Å². The van der Waals surface area contributed by atoms with Gasteiger partial charge in [-0.05, 0) is 30.7 Å². The smallest absolute Gasteiger partial charge is 0.335 e. The van der Waals surface area contributed by atoms with Crippen LogP contribution in [0.15, 0.2) is 24.3 Å². The minimum Gasteiger partial charge on any atom is -0.478 e. The van der Waals surface area contributed by atoms with Crippen molar-refractivity contribution < 1.29 is 9.90 Å². The molecule has 0 saturated heterocycles. The summed E-state index contributed by atoms with van der Waals surface area (Å²) in [6.45, 7) is 1.85. The zero-order chi connectivity index (χ0) is 9.84. The zero-order valence-electron chi connectivity index (χ0n) is 7.12.